The number of hydrogen-bond donors (Lipinski definition) is 2. The first-order chi connectivity index (χ1) is 9.49. The highest BCUT2D eigenvalue weighted by Gasteiger charge is 2.30. The van der Waals surface area contributed by atoms with Crippen molar-refractivity contribution in [1.29, 1.82) is 0 Å². The highest BCUT2D eigenvalue weighted by atomic mass is 32.2. The van der Waals surface area contributed by atoms with Crippen molar-refractivity contribution in [3.63, 3.8) is 0 Å². The number of hydrogen-bond acceptors (Lipinski definition) is 8. The predicted octanol–water partition coefficient (Wildman–Crippen LogP) is -0.511. The van der Waals surface area contributed by atoms with Crippen LogP contribution in [0.4, 0.5) is 0 Å². The van der Waals surface area contributed by atoms with E-state index in [1.807, 2.05) is 0 Å². The highest BCUT2D eigenvalue weighted by molar-refractivity contribution is 7.86. The molecule has 0 saturated heterocycles. The minimum absolute atomic E-state index is 0.236. The van der Waals surface area contributed by atoms with Gasteiger partial charge in [-0.15, -0.1) is 0 Å². The Hall–Kier alpha value is -0.680. The summed E-state index contributed by atoms with van der Waals surface area (Å²) in [4.78, 5) is 0. The molecule has 0 radical (unpaired) electrons. The summed E-state index contributed by atoms with van der Waals surface area (Å²) in [5.74, 6) is -0.236. The molecule has 0 unspecified atom stereocenters. The number of allylic oxidation sites excluding steroid dienone is 1. The lowest BCUT2D eigenvalue weighted by molar-refractivity contribution is -0.00347. The second-order valence-corrected chi connectivity index (χ2v) is 8.18. The summed E-state index contributed by atoms with van der Waals surface area (Å²) in [5.41, 5.74) is 0.603. The molecule has 1 aliphatic carbocycles. The third-order valence-corrected chi connectivity index (χ3v) is 3.93. The van der Waals surface area contributed by atoms with Gasteiger partial charge in [0.05, 0.1) is 19.1 Å². The zero-order chi connectivity index (χ0) is 16.3. The van der Waals surface area contributed by atoms with Crippen molar-refractivity contribution in [2.24, 2.45) is 0 Å². The lowest BCUT2D eigenvalue weighted by Crippen LogP contribution is -2.35. The Kier molecular flexibility index (Phi) is 6.17. The maximum atomic E-state index is 11.3. The lowest BCUT2D eigenvalue weighted by Gasteiger charge is -2.21. The van der Waals surface area contributed by atoms with Gasteiger partial charge in [-0.2, -0.15) is 16.8 Å². The molecule has 2 N–H and O–H groups in total. The van der Waals surface area contributed by atoms with Gasteiger partial charge in [0.25, 0.3) is 10.1 Å². The minimum atomic E-state index is -3.87. The molecular weight excluding hydrogens is 324 g/mol. The van der Waals surface area contributed by atoms with E-state index in [1.54, 1.807) is 0 Å². The number of aliphatic hydroxyl groups excluding tert-OH is 2. The Bertz CT molecular complexity index is 582. The maximum absolute atomic E-state index is 11.3. The van der Waals surface area contributed by atoms with Gasteiger partial charge in [0, 0.05) is 0 Å². The molecule has 0 aromatic carbocycles. The Morgan fingerprint density at radius 3 is 2.05 bits per heavy atom. The van der Waals surface area contributed by atoms with E-state index in [0.29, 0.717) is 18.4 Å². The van der Waals surface area contributed by atoms with Gasteiger partial charge in [0.15, 0.2) is 0 Å². The summed E-state index contributed by atoms with van der Waals surface area (Å²) in [7, 11) is -7.65. The summed E-state index contributed by atoms with van der Waals surface area (Å²) < 4.78 is 53.4. The molecule has 1 saturated carbocycles. The van der Waals surface area contributed by atoms with Crippen LogP contribution >= 0.6 is 0 Å². The molecule has 1 aliphatic rings. The van der Waals surface area contributed by atoms with Gasteiger partial charge in [-0.1, -0.05) is 0 Å². The topological polar surface area (TPSA) is 127 Å². The van der Waals surface area contributed by atoms with E-state index in [9.17, 15) is 27.0 Å². The van der Waals surface area contributed by atoms with Crippen LogP contribution < -0.4 is 0 Å². The SMILES string of the molecule is CS(=O)(=O)OC[C@@H](O)[C@H](O)C(OS(C)(=O)=O)=C1CCCC1. The lowest BCUT2D eigenvalue weighted by atomic mass is 10.1. The molecule has 8 nitrogen and oxygen atoms in total. The van der Waals surface area contributed by atoms with Gasteiger partial charge in [-0.3, -0.25) is 4.18 Å². The highest BCUT2D eigenvalue weighted by Crippen LogP contribution is 2.30. The van der Waals surface area contributed by atoms with E-state index in [0.717, 1.165) is 25.4 Å². The Morgan fingerprint density at radius 1 is 1.10 bits per heavy atom. The molecule has 0 aromatic heterocycles. The van der Waals surface area contributed by atoms with E-state index in [2.05, 4.69) is 4.18 Å². The molecular formula is C11H20O8S2. The van der Waals surface area contributed by atoms with Crippen LogP contribution in [0.25, 0.3) is 0 Å². The van der Waals surface area contributed by atoms with Crippen LogP contribution in [0.3, 0.4) is 0 Å². The van der Waals surface area contributed by atoms with E-state index in [-0.39, 0.29) is 5.76 Å². The van der Waals surface area contributed by atoms with Gasteiger partial charge in [-0.25, -0.2) is 0 Å². The molecule has 2 atom stereocenters. The molecule has 0 aromatic rings. The van der Waals surface area contributed by atoms with Crippen LogP contribution in [-0.2, 0) is 28.6 Å². The second kappa shape index (κ2) is 7.05. The van der Waals surface area contributed by atoms with Gasteiger partial charge in [0.1, 0.15) is 18.0 Å². The standard InChI is InChI=1S/C11H20O8S2/c1-20(14,15)18-7-9(12)10(13)11(19-21(2,16)17)8-5-3-4-6-8/h9-10,12-13H,3-7H2,1-2H3/t9-,10+/m1/s1. The summed E-state index contributed by atoms with van der Waals surface area (Å²) >= 11 is 0. The van der Waals surface area contributed by atoms with Crippen molar-refractivity contribution in [2.45, 2.75) is 37.9 Å². The summed E-state index contributed by atoms with van der Waals surface area (Å²) in [6, 6.07) is 0. The van der Waals surface area contributed by atoms with E-state index in [1.165, 1.54) is 0 Å². The normalized spacial score (nSPS) is 19.3. The van der Waals surface area contributed by atoms with Gasteiger partial charge in [-0.05, 0) is 31.3 Å². The molecule has 10 heteroatoms. The fraction of sp³-hybridized carbons (Fsp3) is 0.818. The van der Waals surface area contributed by atoms with Crippen LogP contribution in [0, 0.1) is 0 Å². The van der Waals surface area contributed by atoms with Gasteiger partial charge in [0.2, 0.25) is 0 Å². The molecule has 1 rings (SSSR count). The van der Waals surface area contributed by atoms with E-state index >= 15 is 0 Å². The Morgan fingerprint density at radius 2 is 1.62 bits per heavy atom. The van der Waals surface area contributed by atoms with Crippen LogP contribution in [0.5, 0.6) is 0 Å². The van der Waals surface area contributed by atoms with Crippen molar-refractivity contribution in [1.82, 2.24) is 0 Å². The third-order valence-electron chi connectivity index (χ3n) is 2.88. The van der Waals surface area contributed by atoms with Gasteiger partial charge >= 0.3 is 10.1 Å². The summed E-state index contributed by atoms with van der Waals surface area (Å²) in [6.07, 6.45) is 1.11. The fourth-order valence-corrected chi connectivity index (χ4v) is 2.92. The Labute approximate surface area is 124 Å². The predicted molar refractivity (Wildman–Crippen MR) is 74.2 cm³/mol. The molecule has 0 aliphatic heterocycles. The second-order valence-electron chi connectivity index (χ2n) is 4.96. The first-order valence-electron chi connectivity index (χ1n) is 6.31. The van der Waals surface area contributed by atoms with Crippen LogP contribution in [-0.4, -0.2) is 58.4 Å². The number of rotatable bonds is 7. The van der Waals surface area contributed by atoms with Crippen molar-refractivity contribution in [3.05, 3.63) is 11.3 Å². The zero-order valence-electron chi connectivity index (χ0n) is 11.9. The van der Waals surface area contributed by atoms with E-state index in [4.69, 9.17) is 4.18 Å². The molecule has 0 spiro atoms. The van der Waals surface area contributed by atoms with Gasteiger partial charge < -0.3 is 14.4 Å². The molecule has 0 heterocycles. The van der Waals surface area contributed by atoms with Crippen molar-refractivity contribution >= 4 is 20.2 Å². The van der Waals surface area contributed by atoms with Crippen molar-refractivity contribution in [3.8, 4) is 0 Å². The molecule has 124 valence electrons. The fourth-order valence-electron chi connectivity index (χ4n) is 1.99. The average Bonchev–Trinajstić information content (AvgIpc) is 2.83. The zero-order valence-corrected chi connectivity index (χ0v) is 13.5. The van der Waals surface area contributed by atoms with Crippen molar-refractivity contribution in [2.75, 3.05) is 19.1 Å². The molecule has 0 amide bonds. The number of aliphatic hydroxyl groups is 2. The quantitative estimate of drug-likeness (QED) is 0.467. The van der Waals surface area contributed by atoms with E-state index < -0.39 is 39.1 Å². The van der Waals surface area contributed by atoms with Crippen LogP contribution in [0.2, 0.25) is 0 Å². The van der Waals surface area contributed by atoms with Crippen molar-refractivity contribution < 1.29 is 35.4 Å². The Balaban J connectivity index is 2.90. The molecule has 0 bridgehead atoms. The monoisotopic (exact) mass is 344 g/mol. The summed E-state index contributed by atoms with van der Waals surface area (Å²) in [6.45, 7) is -0.691. The third kappa shape index (κ3) is 6.74. The smallest absolute Gasteiger partial charge is 0.306 e. The summed E-state index contributed by atoms with van der Waals surface area (Å²) in [5, 5.41) is 19.8. The van der Waals surface area contributed by atoms with Crippen LogP contribution in [0.15, 0.2) is 11.3 Å². The van der Waals surface area contributed by atoms with Crippen LogP contribution in [0.1, 0.15) is 25.7 Å². The largest absolute Gasteiger partial charge is 0.387 e. The minimum Gasteiger partial charge on any atom is -0.387 e. The molecule has 21 heavy (non-hydrogen) atoms. The first kappa shape index (κ1) is 18.4. The molecule has 1 fully saturated rings. The maximum Gasteiger partial charge on any atom is 0.306 e. The first-order valence-corrected chi connectivity index (χ1v) is 9.95. The average molecular weight is 344 g/mol.